The fourth-order valence-corrected chi connectivity index (χ4v) is 1.15. The van der Waals surface area contributed by atoms with Crippen LogP contribution in [0.1, 0.15) is 33.6 Å². The Balaban J connectivity index is 2.76. The van der Waals surface area contributed by atoms with E-state index in [0.717, 1.165) is 6.42 Å². The van der Waals surface area contributed by atoms with Gasteiger partial charge in [-0.1, -0.05) is 13.8 Å². The number of nitrogens with one attached hydrogen (secondary N) is 2. The van der Waals surface area contributed by atoms with Gasteiger partial charge < -0.3 is 15.2 Å². The van der Waals surface area contributed by atoms with Crippen LogP contribution in [-0.4, -0.2) is 38.8 Å². The van der Waals surface area contributed by atoms with E-state index in [9.17, 15) is 5.11 Å². The molecule has 1 unspecified atom stereocenters. The molecule has 0 amide bonds. The molecule has 0 aliphatic heterocycles. The average molecular weight is 270 g/mol. The van der Waals surface area contributed by atoms with Crippen LogP contribution in [-0.2, 0) is 0 Å². The van der Waals surface area contributed by atoms with Crippen molar-refractivity contribution in [3.8, 4) is 6.01 Å². The maximum atomic E-state index is 9.92. The Kier molecular flexibility index (Phi) is 5.71. The minimum Gasteiger partial charge on any atom is -0.463 e. The van der Waals surface area contributed by atoms with Gasteiger partial charge in [0.05, 0.1) is 12.2 Å². The summed E-state index contributed by atoms with van der Waals surface area (Å²) in [5.74, 6) is 5.81. The summed E-state index contributed by atoms with van der Waals surface area (Å²) in [6.07, 6.45) is 1.47. The van der Waals surface area contributed by atoms with Gasteiger partial charge in [-0.05, 0) is 19.8 Å². The zero-order valence-corrected chi connectivity index (χ0v) is 11.6. The molecule has 108 valence electrons. The Morgan fingerprint density at radius 2 is 1.95 bits per heavy atom. The van der Waals surface area contributed by atoms with E-state index in [1.165, 1.54) is 0 Å². The molecule has 1 aromatic rings. The fourth-order valence-electron chi connectivity index (χ4n) is 1.15. The maximum Gasteiger partial charge on any atom is 0.323 e. The van der Waals surface area contributed by atoms with Gasteiger partial charge in [0.2, 0.25) is 11.9 Å². The normalized spacial score (nSPS) is 13.7. The number of aliphatic hydroxyl groups is 1. The van der Waals surface area contributed by atoms with Crippen LogP contribution in [0.4, 0.5) is 11.9 Å². The number of ether oxygens (including phenoxy) is 1. The summed E-state index contributed by atoms with van der Waals surface area (Å²) in [5, 5.41) is 12.9. The summed E-state index contributed by atoms with van der Waals surface area (Å²) < 4.78 is 5.34. The quantitative estimate of drug-likeness (QED) is 0.399. The van der Waals surface area contributed by atoms with Gasteiger partial charge in [-0.15, -0.1) is 0 Å². The van der Waals surface area contributed by atoms with E-state index in [-0.39, 0.29) is 12.0 Å². The fraction of sp³-hybridized carbons (Fsp3) is 0.727. The van der Waals surface area contributed by atoms with Crippen LogP contribution in [0.15, 0.2) is 0 Å². The average Bonchev–Trinajstić information content (AvgIpc) is 2.42. The third-order valence-electron chi connectivity index (χ3n) is 2.57. The summed E-state index contributed by atoms with van der Waals surface area (Å²) in [5.41, 5.74) is 1.52. The largest absolute Gasteiger partial charge is 0.463 e. The van der Waals surface area contributed by atoms with Gasteiger partial charge in [0.1, 0.15) is 0 Å². The molecule has 19 heavy (non-hydrogen) atoms. The molecule has 1 atom stereocenters. The van der Waals surface area contributed by atoms with Crippen LogP contribution < -0.4 is 21.3 Å². The van der Waals surface area contributed by atoms with Gasteiger partial charge in [-0.25, -0.2) is 5.84 Å². The second-order valence-corrected chi connectivity index (χ2v) is 4.46. The Labute approximate surface area is 112 Å². The molecule has 1 rings (SSSR count). The van der Waals surface area contributed by atoms with Crippen molar-refractivity contribution in [3.05, 3.63) is 0 Å². The van der Waals surface area contributed by atoms with Gasteiger partial charge >= 0.3 is 6.01 Å². The molecule has 1 heterocycles. The standard InChI is InChI=1S/C11H22N6O2/c1-4-6-19-10-15-8(14-9(16-10)17-12)13-7-11(3,18)5-2/h18H,4-7,12H2,1-3H3,(H2,13,14,15,16,17). The number of rotatable bonds is 8. The second-order valence-electron chi connectivity index (χ2n) is 4.46. The molecule has 0 aliphatic carbocycles. The predicted molar refractivity (Wildman–Crippen MR) is 72.8 cm³/mol. The van der Waals surface area contributed by atoms with Crippen molar-refractivity contribution in [3.63, 3.8) is 0 Å². The molecule has 1 aromatic heterocycles. The van der Waals surface area contributed by atoms with E-state index in [1.54, 1.807) is 6.92 Å². The van der Waals surface area contributed by atoms with E-state index in [1.807, 2.05) is 13.8 Å². The monoisotopic (exact) mass is 270 g/mol. The lowest BCUT2D eigenvalue weighted by Crippen LogP contribution is -2.33. The van der Waals surface area contributed by atoms with E-state index in [0.29, 0.717) is 25.5 Å². The van der Waals surface area contributed by atoms with Gasteiger partial charge in [0.25, 0.3) is 0 Å². The first-order valence-corrected chi connectivity index (χ1v) is 6.32. The third kappa shape index (κ3) is 5.23. The number of nitrogens with zero attached hydrogens (tertiary/aromatic N) is 3. The Hall–Kier alpha value is -1.67. The van der Waals surface area contributed by atoms with Crippen LogP contribution in [0.3, 0.4) is 0 Å². The molecule has 5 N–H and O–H groups in total. The highest BCUT2D eigenvalue weighted by Crippen LogP contribution is 2.13. The van der Waals surface area contributed by atoms with Crippen LogP contribution in [0.5, 0.6) is 6.01 Å². The molecule has 0 spiro atoms. The summed E-state index contributed by atoms with van der Waals surface area (Å²) in [6, 6.07) is 0.198. The zero-order chi connectivity index (χ0) is 14.3. The number of hydrogen-bond donors (Lipinski definition) is 4. The highest BCUT2D eigenvalue weighted by molar-refractivity contribution is 5.35. The smallest absolute Gasteiger partial charge is 0.323 e. The second kappa shape index (κ2) is 7.05. The first-order valence-electron chi connectivity index (χ1n) is 6.32. The van der Waals surface area contributed by atoms with Crippen molar-refractivity contribution < 1.29 is 9.84 Å². The summed E-state index contributed by atoms with van der Waals surface area (Å²) in [6.45, 7) is 6.46. The number of nitrogen functional groups attached to an aromatic ring is 1. The summed E-state index contributed by atoms with van der Waals surface area (Å²) in [7, 11) is 0. The van der Waals surface area contributed by atoms with Gasteiger partial charge in [-0.2, -0.15) is 15.0 Å². The first-order chi connectivity index (χ1) is 9.00. The van der Waals surface area contributed by atoms with Crippen molar-refractivity contribution in [1.82, 2.24) is 15.0 Å². The van der Waals surface area contributed by atoms with Crippen molar-refractivity contribution >= 4 is 11.9 Å². The van der Waals surface area contributed by atoms with E-state index in [2.05, 4.69) is 25.7 Å². The van der Waals surface area contributed by atoms with Crippen LogP contribution in [0, 0.1) is 0 Å². The highest BCUT2D eigenvalue weighted by atomic mass is 16.5. The molecular weight excluding hydrogens is 248 g/mol. The molecule has 0 bridgehead atoms. The maximum absolute atomic E-state index is 9.92. The summed E-state index contributed by atoms with van der Waals surface area (Å²) in [4.78, 5) is 12.1. The van der Waals surface area contributed by atoms with Crippen LogP contribution in [0.2, 0.25) is 0 Å². The number of hydrogen-bond acceptors (Lipinski definition) is 8. The number of aromatic nitrogens is 3. The SMILES string of the molecule is CCCOc1nc(NN)nc(NCC(C)(O)CC)n1. The van der Waals surface area contributed by atoms with Crippen molar-refractivity contribution in [2.24, 2.45) is 5.84 Å². The Morgan fingerprint density at radius 1 is 1.26 bits per heavy atom. The van der Waals surface area contributed by atoms with Gasteiger partial charge in [-0.3, -0.25) is 5.43 Å². The zero-order valence-electron chi connectivity index (χ0n) is 11.6. The minimum atomic E-state index is -0.826. The van der Waals surface area contributed by atoms with E-state index < -0.39 is 5.60 Å². The van der Waals surface area contributed by atoms with E-state index >= 15 is 0 Å². The Morgan fingerprint density at radius 3 is 2.53 bits per heavy atom. The molecule has 8 heteroatoms. The van der Waals surface area contributed by atoms with Crippen molar-refractivity contribution in [2.45, 2.75) is 39.2 Å². The number of anilines is 2. The lowest BCUT2D eigenvalue weighted by Gasteiger charge is -2.21. The van der Waals surface area contributed by atoms with E-state index in [4.69, 9.17) is 10.6 Å². The lowest BCUT2D eigenvalue weighted by atomic mass is 10.0. The van der Waals surface area contributed by atoms with Gasteiger partial charge in [0.15, 0.2) is 0 Å². The minimum absolute atomic E-state index is 0.198. The molecule has 0 radical (unpaired) electrons. The van der Waals surface area contributed by atoms with Crippen LogP contribution >= 0.6 is 0 Å². The predicted octanol–water partition coefficient (Wildman–Crippen LogP) is 0.519. The first kappa shape index (κ1) is 15.4. The molecule has 0 aromatic carbocycles. The molecule has 0 fully saturated rings. The Bertz CT molecular complexity index is 399. The van der Waals surface area contributed by atoms with Gasteiger partial charge in [0, 0.05) is 6.54 Å². The number of nitrogens with two attached hydrogens (primary N) is 1. The van der Waals surface area contributed by atoms with Crippen molar-refractivity contribution in [2.75, 3.05) is 23.9 Å². The third-order valence-corrected chi connectivity index (χ3v) is 2.57. The molecular formula is C11H22N6O2. The lowest BCUT2D eigenvalue weighted by molar-refractivity contribution is 0.0695. The molecule has 8 nitrogen and oxygen atoms in total. The highest BCUT2D eigenvalue weighted by Gasteiger charge is 2.18. The molecule has 0 saturated heterocycles. The van der Waals surface area contributed by atoms with Crippen molar-refractivity contribution in [1.29, 1.82) is 0 Å². The van der Waals surface area contributed by atoms with Crippen LogP contribution in [0.25, 0.3) is 0 Å². The summed E-state index contributed by atoms with van der Waals surface area (Å²) >= 11 is 0. The molecule has 0 saturated carbocycles. The number of hydrazine groups is 1. The topological polar surface area (TPSA) is 118 Å². The molecule has 0 aliphatic rings.